The van der Waals surface area contributed by atoms with E-state index in [9.17, 15) is 9.18 Å². The number of nitrogen functional groups attached to an aromatic ring is 1. The second-order valence-corrected chi connectivity index (χ2v) is 4.75. The van der Waals surface area contributed by atoms with Crippen LogP contribution in [0.5, 0.6) is 0 Å². The Labute approximate surface area is 113 Å². The van der Waals surface area contributed by atoms with Crippen molar-refractivity contribution < 1.29 is 18.3 Å². The molecule has 0 aliphatic heterocycles. The zero-order valence-electron chi connectivity index (χ0n) is 10.2. The van der Waals surface area contributed by atoms with E-state index in [2.05, 4.69) is 4.74 Å². The normalized spacial score (nSPS) is 10.4. The monoisotopic (exact) mass is 281 g/mol. The average molecular weight is 281 g/mol. The van der Waals surface area contributed by atoms with Gasteiger partial charge >= 0.3 is 5.97 Å². The van der Waals surface area contributed by atoms with Crippen molar-refractivity contribution in [3.8, 4) is 0 Å². The molecule has 19 heavy (non-hydrogen) atoms. The number of hydrogen-bond acceptors (Lipinski definition) is 5. The molecule has 1 aromatic heterocycles. The molecular formula is C13H12FNO3S. The van der Waals surface area contributed by atoms with Crippen LogP contribution in [0.4, 0.5) is 10.1 Å². The smallest absolute Gasteiger partial charge is 0.339 e. The molecule has 0 aliphatic rings. The standard InChI is InChI=1S/C13H12FNO3S/c1-17-13(16)9-5-12(10(14)6-11(9)15)19-7-8-3-2-4-18-8/h2-6H,7,15H2,1H3. The molecule has 0 aliphatic carbocycles. The number of carbonyl (C=O) groups is 1. The van der Waals surface area contributed by atoms with Crippen molar-refractivity contribution in [1.82, 2.24) is 0 Å². The van der Waals surface area contributed by atoms with Crippen molar-refractivity contribution in [3.63, 3.8) is 0 Å². The fourth-order valence-corrected chi connectivity index (χ4v) is 2.37. The van der Waals surface area contributed by atoms with E-state index in [-0.39, 0.29) is 11.3 Å². The number of carbonyl (C=O) groups excluding carboxylic acids is 1. The quantitative estimate of drug-likeness (QED) is 0.530. The lowest BCUT2D eigenvalue weighted by Gasteiger charge is -2.08. The Hall–Kier alpha value is -1.95. The van der Waals surface area contributed by atoms with Crippen LogP contribution in [0.2, 0.25) is 0 Å². The summed E-state index contributed by atoms with van der Waals surface area (Å²) in [5, 5.41) is 0. The molecule has 2 rings (SSSR count). The maximum absolute atomic E-state index is 13.7. The van der Waals surface area contributed by atoms with Gasteiger partial charge in [-0.2, -0.15) is 0 Å². The fourth-order valence-electron chi connectivity index (χ4n) is 1.51. The van der Waals surface area contributed by atoms with E-state index in [0.717, 1.165) is 11.8 Å². The van der Waals surface area contributed by atoms with Crippen LogP contribution in [0.25, 0.3) is 0 Å². The van der Waals surface area contributed by atoms with Crippen molar-refractivity contribution in [2.75, 3.05) is 12.8 Å². The molecule has 2 N–H and O–H groups in total. The van der Waals surface area contributed by atoms with Crippen LogP contribution >= 0.6 is 11.8 Å². The Morgan fingerprint density at radius 3 is 2.95 bits per heavy atom. The Bertz CT molecular complexity index is 584. The lowest BCUT2D eigenvalue weighted by Crippen LogP contribution is -2.06. The van der Waals surface area contributed by atoms with Gasteiger partial charge in [0, 0.05) is 10.6 Å². The Morgan fingerprint density at radius 2 is 2.32 bits per heavy atom. The summed E-state index contributed by atoms with van der Waals surface area (Å²) >= 11 is 1.22. The molecule has 0 saturated carbocycles. The average Bonchev–Trinajstić information content (AvgIpc) is 2.90. The largest absolute Gasteiger partial charge is 0.468 e. The molecular weight excluding hydrogens is 269 g/mol. The van der Waals surface area contributed by atoms with Gasteiger partial charge in [0.15, 0.2) is 0 Å². The summed E-state index contributed by atoms with van der Waals surface area (Å²) in [7, 11) is 1.25. The van der Waals surface area contributed by atoms with E-state index in [1.54, 1.807) is 18.4 Å². The first kappa shape index (κ1) is 13.5. The molecule has 0 radical (unpaired) electrons. The van der Waals surface area contributed by atoms with E-state index >= 15 is 0 Å². The van der Waals surface area contributed by atoms with E-state index in [1.165, 1.54) is 24.9 Å². The molecule has 0 unspecified atom stereocenters. The summed E-state index contributed by atoms with van der Waals surface area (Å²) < 4.78 is 23.5. The zero-order valence-corrected chi connectivity index (χ0v) is 11.0. The van der Waals surface area contributed by atoms with Gasteiger partial charge in [-0.1, -0.05) is 0 Å². The van der Waals surface area contributed by atoms with Crippen LogP contribution in [0.3, 0.4) is 0 Å². The van der Waals surface area contributed by atoms with Gasteiger partial charge < -0.3 is 14.9 Å². The van der Waals surface area contributed by atoms with Crippen LogP contribution in [0, 0.1) is 5.82 Å². The third-order valence-electron chi connectivity index (χ3n) is 2.46. The minimum absolute atomic E-state index is 0.0618. The SMILES string of the molecule is COC(=O)c1cc(SCc2ccco2)c(F)cc1N. The third-order valence-corrected chi connectivity index (χ3v) is 3.51. The van der Waals surface area contributed by atoms with Gasteiger partial charge in [0.25, 0.3) is 0 Å². The highest BCUT2D eigenvalue weighted by atomic mass is 32.2. The number of halogens is 1. The highest BCUT2D eigenvalue weighted by molar-refractivity contribution is 7.98. The summed E-state index contributed by atoms with van der Waals surface area (Å²) in [6, 6.07) is 6.07. The predicted octanol–water partition coefficient (Wildman–Crippen LogP) is 3.08. The maximum atomic E-state index is 13.7. The van der Waals surface area contributed by atoms with E-state index in [4.69, 9.17) is 10.2 Å². The second kappa shape index (κ2) is 5.79. The van der Waals surface area contributed by atoms with Crippen LogP contribution in [0.1, 0.15) is 16.1 Å². The summed E-state index contributed by atoms with van der Waals surface area (Å²) in [5.74, 6) is 0.133. The van der Waals surface area contributed by atoms with Crippen LogP contribution < -0.4 is 5.73 Å². The number of thioether (sulfide) groups is 1. The van der Waals surface area contributed by atoms with Crippen LogP contribution in [-0.2, 0) is 10.5 Å². The number of nitrogens with two attached hydrogens (primary N) is 1. The first-order valence-electron chi connectivity index (χ1n) is 5.44. The lowest BCUT2D eigenvalue weighted by atomic mass is 10.2. The molecule has 0 atom stereocenters. The van der Waals surface area contributed by atoms with Crippen molar-refractivity contribution in [2.24, 2.45) is 0 Å². The molecule has 0 fully saturated rings. The van der Waals surface area contributed by atoms with Gasteiger partial charge in [0.2, 0.25) is 0 Å². The number of ether oxygens (including phenoxy) is 1. The van der Waals surface area contributed by atoms with E-state index < -0.39 is 11.8 Å². The van der Waals surface area contributed by atoms with E-state index in [0.29, 0.717) is 10.6 Å². The Morgan fingerprint density at radius 1 is 1.53 bits per heavy atom. The fraction of sp³-hybridized carbons (Fsp3) is 0.154. The number of rotatable bonds is 4. The number of furan rings is 1. The molecule has 1 aromatic carbocycles. The summed E-state index contributed by atoms with van der Waals surface area (Å²) in [4.78, 5) is 11.8. The summed E-state index contributed by atoms with van der Waals surface area (Å²) in [5.41, 5.74) is 5.81. The first-order chi connectivity index (χ1) is 9.11. The Kier molecular flexibility index (Phi) is 4.11. The van der Waals surface area contributed by atoms with Crippen molar-refractivity contribution >= 4 is 23.4 Å². The van der Waals surface area contributed by atoms with E-state index in [1.807, 2.05) is 0 Å². The molecule has 2 aromatic rings. The summed E-state index contributed by atoms with van der Waals surface area (Å²) in [6.07, 6.45) is 1.55. The van der Waals surface area contributed by atoms with Crippen LogP contribution in [-0.4, -0.2) is 13.1 Å². The topological polar surface area (TPSA) is 65.5 Å². The Balaban J connectivity index is 2.22. The van der Waals surface area contributed by atoms with Crippen LogP contribution in [0.15, 0.2) is 39.8 Å². The predicted molar refractivity (Wildman–Crippen MR) is 70.4 cm³/mol. The van der Waals surface area contributed by atoms with Crippen molar-refractivity contribution in [3.05, 3.63) is 47.7 Å². The summed E-state index contributed by atoms with van der Waals surface area (Å²) in [6.45, 7) is 0. The lowest BCUT2D eigenvalue weighted by molar-refractivity contribution is 0.0601. The maximum Gasteiger partial charge on any atom is 0.339 e. The molecule has 4 nitrogen and oxygen atoms in total. The van der Waals surface area contributed by atoms with Gasteiger partial charge in [0.05, 0.1) is 24.7 Å². The number of benzene rings is 1. The number of anilines is 1. The first-order valence-corrected chi connectivity index (χ1v) is 6.43. The minimum atomic E-state index is -0.586. The van der Waals surface area contributed by atoms with Gasteiger partial charge in [-0.15, -0.1) is 11.8 Å². The number of hydrogen-bond donors (Lipinski definition) is 1. The number of esters is 1. The third kappa shape index (κ3) is 3.08. The van der Waals surface area contributed by atoms with Gasteiger partial charge in [-0.05, 0) is 24.3 Å². The van der Waals surface area contributed by atoms with Gasteiger partial charge in [-0.25, -0.2) is 9.18 Å². The highest BCUT2D eigenvalue weighted by Gasteiger charge is 2.15. The van der Waals surface area contributed by atoms with Crippen molar-refractivity contribution in [1.29, 1.82) is 0 Å². The zero-order chi connectivity index (χ0) is 13.8. The molecule has 0 spiro atoms. The van der Waals surface area contributed by atoms with Gasteiger partial charge in [-0.3, -0.25) is 0 Å². The second-order valence-electron chi connectivity index (χ2n) is 3.73. The number of methoxy groups -OCH3 is 1. The highest BCUT2D eigenvalue weighted by Crippen LogP contribution is 2.29. The molecule has 0 amide bonds. The molecule has 100 valence electrons. The molecule has 1 heterocycles. The van der Waals surface area contributed by atoms with Crippen molar-refractivity contribution in [2.45, 2.75) is 10.6 Å². The molecule has 0 bridgehead atoms. The van der Waals surface area contributed by atoms with Gasteiger partial charge in [0.1, 0.15) is 11.6 Å². The molecule has 6 heteroatoms. The molecule has 0 saturated heterocycles. The minimum Gasteiger partial charge on any atom is -0.468 e.